The molecular formula is C65H114O6. The van der Waals surface area contributed by atoms with Gasteiger partial charge in [0, 0.05) is 19.3 Å². The second kappa shape index (κ2) is 59.4. The molecule has 0 aromatic carbocycles. The molecule has 0 heterocycles. The van der Waals surface area contributed by atoms with Gasteiger partial charge in [0.05, 0.1) is 0 Å². The lowest BCUT2D eigenvalue weighted by Crippen LogP contribution is -2.30. The quantitative estimate of drug-likeness (QED) is 0.0261. The van der Waals surface area contributed by atoms with E-state index in [1.165, 1.54) is 167 Å². The van der Waals surface area contributed by atoms with Crippen molar-refractivity contribution in [2.75, 3.05) is 13.2 Å². The molecule has 1 atom stereocenters. The molecule has 0 aliphatic heterocycles. The van der Waals surface area contributed by atoms with Gasteiger partial charge in [0.25, 0.3) is 0 Å². The predicted molar refractivity (Wildman–Crippen MR) is 307 cm³/mol. The van der Waals surface area contributed by atoms with Crippen LogP contribution in [0.5, 0.6) is 0 Å². The number of ether oxygens (including phenoxy) is 3. The number of allylic oxidation sites excluding steroid dienone is 12. The van der Waals surface area contributed by atoms with Crippen LogP contribution in [0.3, 0.4) is 0 Å². The lowest BCUT2D eigenvalue weighted by molar-refractivity contribution is -0.167. The van der Waals surface area contributed by atoms with Crippen LogP contribution < -0.4 is 0 Å². The van der Waals surface area contributed by atoms with Gasteiger partial charge in [-0.15, -0.1) is 0 Å². The summed E-state index contributed by atoms with van der Waals surface area (Å²) >= 11 is 0. The first-order chi connectivity index (χ1) is 35.0. The fraction of sp³-hybridized carbons (Fsp3) is 0.769. The third-order valence-electron chi connectivity index (χ3n) is 13.2. The van der Waals surface area contributed by atoms with Gasteiger partial charge in [0.1, 0.15) is 13.2 Å². The van der Waals surface area contributed by atoms with Crippen molar-refractivity contribution in [2.45, 2.75) is 309 Å². The van der Waals surface area contributed by atoms with Crippen molar-refractivity contribution in [3.05, 3.63) is 72.9 Å². The van der Waals surface area contributed by atoms with E-state index in [1.807, 2.05) is 0 Å². The lowest BCUT2D eigenvalue weighted by atomic mass is 10.1. The fourth-order valence-corrected chi connectivity index (χ4v) is 8.64. The topological polar surface area (TPSA) is 78.9 Å². The Morgan fingerprint density at radius 2 is 0.549 bits per heavy atom. The van der Waals surface area contributed by atoms with Gasteiger partial charge in [-0.3, -0.25) is 14.4 Å². The Hall–Kier alpha value is -3.15. The molecule has 0 saturated heterocycles. The molecule has 0 radical (unpaired) electrons. The molecule has 0 aliphatic rings. The van der Waals surface area contributed by atoms with Gasteiger partial charge in [0.15, 0.2) is 6.10 Å². The summed E-state index contributed by atoms with van der Waals surface area (Å²) < 4.78 is 16.8. The number of unbranched alkanes of at least 4 members (excludes halogenated alkanes) is 32. The van der Waals surface area contributed by atoms with Gasteiger partial charge in [0.2, 0.25) is 0 Å². The van der Waals surface area contributed by atoms with Gasteiger partial charge < -0.3 is 14.2 Å². The number of carbonyl (C=O) groups is 3. The molecule has 0 aliphatic carbocycles. The minimum Gasteiger partial charge on any atom is -0.462 e. The summed E-state index contributed by atoms with van der Waals surface area (Å²) in [6.07, 6.45) is 76.4. The molecule has 0 amide bonds. The summed E-state index contributed by atoms with van der Waals surface area (Å²) in [5.74, 6) is -0.881. The molecule has 1 unspecified atom stereocenters. The molecule has 0 aromatic heterocycles. The molecule has 0 aromatic rings. The standard InChI is InChI=1S/C65H114O6/c1-4-7-10-13-16-18-20-22-24-26-28-30-31-32-33-35-36-38-40-42-44-46-49-52-55-58-64(67)70-61-62(60-69-63(66)57-54-51-48-15-12-9-6-3)71-65(68)59-56-53-50-47-45-43-41-39-37-34-29-27-25-23-21-19-17-14-11-8-5-2/h7,10,16,18,22,24,27-30,32-33,62H,4-6,8-9,11-15,17,19-21,23,25-26,31,34-61H2,1-3H3/b10-7-,18-16-,24-22-,29-27-,30-28-,33-32-. The van der Waals surface area contributed by atoms with E-state index in [1.54, 1.807) is 0 Å². The summed E-state index contributed by atoms with van der Waals surface area (Å²) in [5, 5.41) is 0. The lowest BCUT2D eigenvalue weighted by Gasteiger charge is -2.18. The van der Waals surface area contributed by atoms with E-state index in [4.69, 9.17) is 14.2 Å². The van der Waals surface area contributed by atoms with Crippen LogP contribution in [-0.2, 0) is 28.6 Å². The third-order valence-corrected chi connectivity index (χ3v) is 13.2. The maximum absolute atomic E-state index is 12.8. The molecule has 6 heteroatoms. The summed E-state index contributed by atoms with van der Waals surface area (Å²) in [4.78, 5) is 38.0. The molecule has 6 nitrogen and oxygen atoms in total. The van der Waals surface area contributed by atoms with Crippen molar-refractivity contribution >= 4 is 17.9 Å². The Morgan fingerprint density at radius 3 is 0.873 bits per heavy atom. The highest BCUT2D eigenvalue weighted by atomic mass is 16.6. The molecule has 0 bridgehead atoms. The zero-order valence-electron chi connectivity index (χ0n) is 47.0. The van der Waals surface area contributed by atoms with Gasteiger partial charge in [-0.2, -0.15) is 0 Å². The van der Waals surface area contributed by atoms with E-state index in [0.29, 0.717) is 19.3 Å². The Labute approximate surface area is 440 Å². The molecule has 0 spiro atoms. The minimum absolute atomic E-state index is 0.0761. The van der Waals surface area contributed by atoms with Gasteiger partial charge >= 0.3 is 17.9 Å². The third kappa shape index (κ3) is 57.6. The Bertz CT molecular complexity index is 1320. The van der Waals surface area contributed by atoms with Crippen molar-refractivity contribution < 1.29 is 28.6 Å². The van der Waals surface area contributed by atoms with Crippen LogP contribution in [-0.4, -0.2) is 37.2 Å². The summed E-state index contributed by atoms with van der Waals surface area (Å²) in [7, 11) is 0. The van der Waals surface area contributed by atoms with E-state index in [9.17, 15) is 14.4 Å². The number of rotatable bonds is 55. The van der Waals surface area contributed by atoms with Crippen molar-refractivity contribution in [1.82, 2.24) is 0 Å². The van der Waals surface area contributed by atoms with E-state index >= 15 is 0 Å². The van der Waals surface area contributed by atoms with Crippen LogP contribution in [0.1, 0.15) is 303 Å². The summed E-state index contributed by atoms with van der Waals surface area (Å²) in [6, 6.07) is 0. The Kier molecular flexibility index (Phi) is 56.8. The van der Waals surface area contributed by atoms with Crippen LogP contribution in [0.25, 0.3) is 0 Å². The first kappa shape index (κ1) is 67.8. The molecular weight excluding hydrogens is 877 g/mol. The summed E-state index contributed by atoms with van der Waals surface area (Å²) in [6.45, 7) is 6.50. The highest BCUT2D eigenvalue weighted by Crippen LogP contribution is 2.16. The SMILES string of the molecule is CC/C=C\C/C=C\C/C=C\C/C=C\C/C=C\CCCCCCCCCCCC(=O)OCC(COC(=O)CCCCCCCCC)OC(=O)CCCCCCCCCCC/C=C\CCCCCCCCCC. The highest BCUT2D eigenvalue weighted by molar-refractivity contribution is 5.71. The molecule has 410 valence electrons. The maximum atomic E-state index is 12.8. The van der Waals surface area contributed by atoms with Gasteiger partial charge in [-0.1, -0.05) is 267 Å². The molecule has 0 rings (SSSR count). The van der Waals surface area contributed by atoms with Crippen LogP contribution >= 0.6 is 0 Å². The van der Waals surface area contributed by atoms with Gasteiger partial charge in [-0.25, -0.2) is 0 Å². The van der Waals surface area contributed by atoms with Crippen LogP contribution in [0.15, 0.2) is 72.9 Å². The zero-order valence-corrected chi connectivity index (χ0v) is 47.0. The minimum atomic E-state index is -0.776. The van der Waals surface area contributed by atoms with Crippen LogP contribution in [0.4, 0.5) is 0 Å². The van der Waals surface area contributed by atoms with Crippen molar-refractivity contribution in [1.29, 1.82) is 0 Å². The molecule has 0 N–H and O–H groups in total. The van der Waals surface area contributed by atoms with Crippen LogP contribution in [0.2, 0.25) is 0 Å². The second-order valence-electron chi connectivity index (χ2n) is 20.2. The summed E-state index contributed by atoms with van der Waals surface area (Å²) in [5.41, 5.74) is 0. The molecule has 71 heavy (non-hydrogen) atoms. The van der Waals surface area contributed by atoms with E-state index in [0.717, 1.165) is 96.3 Å². The monoisotopic (exact) mass is 991 g/mol. The fourth-order valence-electron chi connectivity index (χ4n) is 8.64. The average molecular weight is 992 g/mol. The second-order valence-corrected chi connectivity index (χ2v) is 20.2. The molecule has 0 saturated carbocycles. The predicted octanol–water partition coefficient (Wildman–Crippen LogP) is 20.5. The maximum Gasteiger partial charge on any atom is 0.306 e. The number of hydrogen-bond donors (Lipinski definition) is 0. The van der Waals surface area contributed by atoms with Crippen molar-refractivity contribution in [2.24, 2.45) is 0 Å². The number of esters is 3. The van der Waals surface area contributed by atoms with Gasteiger partial charge in [-0.05, 0) is 89.9 Å². The molecule has 0 fully saturated rings. The largest absolute Gasteiger partial charge is 0.462 e. The first-order valence-electron chi connectivity index (χ1n) is 30.4. The first-order valence-corrected chi connectivity index (χ1v) is 30.4. The van der Waals surface area contributed by atoms with E-state index in [-0.39, 0.29) is 31.1 Å². The van der Waals surface area contributed by atoms with Crippen molar-refractivity contribution in [3.8, 4) is 0 Å². The normalized spacial score (nSPS) is 12.5. The van der Waals surface area contributed by atoms with Crippen molar-refractivity contribution in [3.63, 3.8) is 0 Å². The van der Waals surface area contributed by atoms with Crippen LogP contribution in [0, 0.1) is 0 Å². The smallest absolute Gasteiger partial charge is 0.306 e. The zero-order chi connectivity index (χ0) is 51.4. The van der Waals surface area contributed by atoms with E-state index < -0.39 is 6.10 Å². The Balaban J connectivity index is 4.17. The Morgan fingerprint density at radius 1 is 0.296 bits per heavy atom. The average Bonchev–Trinajstić information content (AvgIpc) is 3.37. The number of hydrogen-bond acceptors (Lipinski definition) is 6. The highest BCUT2D eigenvalue weighted by Gasteiger charge is 2.19. The number of carbonyl (C=O) groups excluding carboxylic acids is 3. The van der Waals surface area contributed by atoms with E-state index in [2.05, 4.69) is 93.7 Å².